The standard InChI is InChI=1S/C16H16N2O2/c1-16(11-7-4-3-5-8-11)15(19)17-14-12(18-16)9-6-10-13(14)20-2/h3-10,18H,1-2H3,(H,17,19). The minimum Gasteiger partial charge on any atom is -0.494 e. The van der Waals surface area contributed by atoms with Crippen LogP contribution in [0.3, 0.4) is 0 Å². The van der Waals surface area contributed by atoms with Crippen LogP contribution in [0.2, 0.25) is 0 Å². The van der Waals surface area contributed by atoms with Gasteiger partial charge in [-0.1, -0.05) is 36.4 Å². The number of carbonyl (C=O) groups excluding carboxylic acids is 1. The van der Waals surface area contributed by atoms with E-state index in [-0.39, 0.29) is 5.91 Å². The third kappa shape index (κ3) is 1.81. The fourth-order valence-corrected chi connectivity index (χ4v) is 2.47. The number of carbonyl (C=O) groups is 1. The van der Waals surface area contributed by atoms with Crippen LogP contribution < -0.4 is 15.4 Å². The molecule has 1 heterocycles. The molecule has 20 heavy (non-hydrogen) atoms. The van der Waals surface area contributed by atoms with Crippen molar-refractivity contribution in [3.8, 4) is 5.75 Å². The first-order chi connectivity index (χ1) is 9.65. The van der Waals surface area contributed by atoms with Gasteiger partial charge in [0.05, 0.1) is 12.8 Å². The lowest BCUT2D eigenvalue weighted by atomic mass is 9.88. The van der Waals surface area contributed by atoms with Crippen molar-refractivity contribution in [3.63, 3.8) is 0 Å². The predicted molar refractivity (Wildman–Crippen MR) is 79.0 cm³/mol. The summed E-state index contributed by atoms with van der Waals surface area (Å²) in [6.07, 6.45) is 0. The summed E-state index contributed by atoms with van der Waals surface area (Å²) >= 11 is 0. The summed E-state index contributed by atoms with van der Waals surface area (Å²) in [4.78, 5) is 12.5. The van der Waals surface area contributed by atoms with Crippen molar-refractivity contribution in [1.82, 2.24) is 0 Å². The van der Waals surface area contributed by atoms with Crippen molar-refractivity contribution >= 4 is 17.3 Å². The zero-order valence-electron chi connectivity index (χ0n) is 11.4. The molecule has 2 aromatic rings. The van der Waals surface area contributed by atoms with E-state index < -0.39 is 5.54 Å². The van der Waals surface area contributed by atoms with E-state index in [0.717, 1.165) is 11.3 Å². The number of methoxy groups -OCH3 is 1. The first-order valence-electron chi connectivity index (χ1n) is 6.47. The van der Waals surface area contributed by atoms with Gasteiger partial charge in [0.2, 0.25) is 0 Å². The summed E-state index contributed by atoms with van der Waals surface area (Å²) in [7, 11) is 1.59. The Balaban J connectivity index is 2.08. The van der Waals surface area contributed by atoms with E-state index >= 15 is 0 Å². The minimum absolute atomic E-state index is 0.0966. The van der Waals surface area contributed by atoms with Gasteiger partial charge >= 0.3 is 0 Å². The zero-order chi connectivity index (χ0) is 14.2. The number of benzene rings is 2. The number of hydrogen-bond donors (Lipinski definition) is 2. The summed E-state index contributed by atoms with van der Waals surface area (Å²) in [6.45, 7) is 1.88. The molecule has 0 fully saturated rings. The van der Waals surface area contributed by atoms with Gasteiger partial charge in [0, 0.05) is 0 Å². The van der Waals surface area contributed by atoms with Crippen molar-refractivity contribution < 1.29 is 9.53 Å². The molecule has 102 valence electrons. The van der Waals surface area contributed by atoms with Gasteiger partial charge < -0.3 is 15.4 Å². The number of amides is 1. The molecule has 1 atom stereocenters. The Morgan fingerprint density at radius 2 is 1.80 bits per heavy atom. The number of fused-ring (bicyclic) bond motifs is 1. The number of anilines is 2. The summed E-state index contributed by atoms with van der Waals surface area (Å²) in [5.41, 5.74) is 1.68. The van der Waals surface area contributed by atoms with Gasteiger partial charge in [-0.25, -0.2) is 0 Å². The summed E-state index contributed by atoms with van der Waals surface area (Å²) in [5.74, 6) is 0.555. The van der Waals surface area contributed by atoms with Crippen molar-refractivity contribution in [2.75, 3.05) is 17.7 Å². The Bertz CT molecular complexity index is 655. The van der Waals surface area contributed by atoms with E-state index in [2.05, 4.69) is 10.6 Å². The maximum atomic E-state index is 12.5. The first kappa shape index (κ1) is 12.5. The van der Waals surface area contributed by atoms with Crippen LogP contribution in [0.1, 0.15) is 12.5 Å². The Kier molecular flexibility index (Phi) is 2.86. The smallest absolute Gasteiger partial charge is 0.254 e. The molecule has 0 saturated carbocycles. The number of para-hydroxylation sites is 1. The topological polar surface area (TPSA) is 50.4 Å². The van der Waals surface area contributed by atoms with Crippen LogP contribution >= 0.6 is 0 Å². The van der Waals surface area contributed by atoms with Crippen LogP contribution in [0, 0.1) is 0 Å². The molecule has 0 aromatic heterocycles. The molecule has 3 rings (SSSR count). The van der Waals surface area contributed by atoms with E-state index in [0.29, 0.717) is 11.4 Å². The predicted octanol–water partition coefficient (Wildman–Crippen LogP) is 2.97. The normalized spacial score (nSPS) is 20.6. The van der Waals surface area contributed by atoms with Crippen LogP contribution in [0.15, 0.2) is 48.5 Å². The number of hydrogen-bond acceptors (Lipinski definition) is 3. The molecule has 1 aliphatic heterocycles. The van der Waals surface area contributed by atoms with Gasteiger partial charge in [-0.15, -0.1) is 0 Å². The largest absolute Gasteiger partial charge is 0.494 e. The lowest BCUT2D eigenvalue weighted by Crippen LogP contribution is -2.47. The van der Waals surface area contributed by atoms with Crippen molar-refractivity contribution in [3.05, 3.63) is 54.1 Å². The van der Waals surface area contributed by atoms with Crippen molar-refractivity contribution in [2.45, 2.75) is 12.5 Å². The third-order valence-electron chi connectivity index (χ3n) is 3.67. The van der Waals surface area contributed by atoms with Gasteiger partial charge in [0.15, 0.2) is 0 Å². The number of rotatable bonds is 2. The molecule has 1 amide bonds. The number of ether oxygens (including phenoxy) is 1. The highest BCUT2D eigenvalue weighted by Crippen LogP contribution is 2.41. The molecule has 0 radical (unpaired) electrons. The lowest BCUT2D eigenvalue weighted by molar-refractivity contribution is -0.120. The molecule has 1 unspecified atom stereocenters. The molecule has 4 heteroatoms. The Morgan fingerprint density at radius 1 is 1.05 bits per heavy atom. The van der Waals surface area contributed by atoms with Crippen LogP contribution in [-0.4, -0.2) is 13.0 Å². The average Bonchev–Trinajstić information content (AvgIpc) is 2.49. The Hall–Kier alpha value is -2.49. The Labute approximate surface area is 117 Å². The third-order valence-corrected chi connectivity index (χ3v) is 3.67. The maximum Gasteiger partial charge on any atom is 0.254 e. The maximum absolute atomic E-state index is 12.5. The average molecular weight is 268 g/mol. The van der Waals surface area contributed by atoms with Gasteiger partial charge in [-0.05, 0) is 24.6 Å². The van der Waals surface area contributed by atoms with Crippen LogP contribution in [-0.2, 0) is 10.3 Å². The molecule has 0 saturated heterocycles. The molecule has 2 aromatic carbocycles. The summed E-state index contributed by atoms with van der Waals surface area (Å²) in [5, 5.41) is 6.26. The molecular formula is C16H16N2O2. The van der Waals surface area contributed by atoms with Crippen molar-refractivity contribution in [1.29, 1.82) is 0 Å². The van der Waals surface area contributed by atoms with Gasteiger partial charge in [0.25, 0.3) is 5.91 Å². The van der Waals surface area contributed by atoms with Crippen molar-refractivity contribution in [2.24, 2.45) is 0 Å². The molecular weight excluding hydrogens is 252 g/mol. The second kappa shape index (κ2) is 4.56. The number of nitrogens with one attached hydrogen (secondary N) is 2. The summed E-state index contributed by atoms with van der Waals surface area (Å²) < 4.78 is 5.28. The van der Waals surface area contributed by atoms with E-state index in [1.54, 1.807) is 7.11 Å². The van der Waals surface area contributed by atoms with Crippen LogP contribution in [0.4, 0.5) is 11.4 Å². The van der Waals surface area contributed by atoms with Gasteiger partial charge in [0.1, 0.15) is 17.0 Å². The van der Waals surface area contributed by atoms with E-state index in [4.69, 9.17) is 4.74 Å². The summed E-state index contributed by atoms with van der Waals surface area (Å²) in [6, 6.07) is 15.3. The second-order valence-corrected chi connectivity index (χ2v) is 4.95. The molecule has 2 N–H and O–H groups in total. The second-order valence-electron chi connectivity index (χ2n) is 4.95. The van der Waals surface area contributed by atoms with E-state index in [1.165, 1.54) is 0 Å². The SMILES string of the molecule is COc1cccc2c1NC(=O)C(C)(c1ccccc1)N2. The Morgan fingerprint density at radius 3 is 2.50 bits per heavy atom. The molecule has 4 nitrogen and oxygen atoms in total. The van der Waals surface area contributed by atoms with Gasteiger partial charge in [-0.2, -0.15) is 0 Å². The highest BCUT2D eigenvalue weighted by molar-refractivity contribution is 6.07. The fraction of sp³-hybridized carbons (Fsp3) is 0.188. The van der Waals surface area contributed by atoms with Gasteiger partial charge in [-0.3, -0.25) is 4.79 Å². The van der Waals surface area contributed by atoms with Crippen LogP contribution in [0.5, 0.6) is 5.75 Å². The fourth-order valence-electron chi connectivity index (χ4n) is 2.47. The monoisotopic (exact) mass is 268 g/mol. The molecule has 0 aliphatic carbocycles. The van der Waals surface area contributed by atoms with E-state index in [1.807, 2.05) is 55.5 Å². The first-order valence-corrected chi connectivity index (χ1v) is 6.47. The quantitative estimate of drug-likeness (QED) is 0.880. The minimum atomic E-state index is -0.791. The van der Waals surface area contributed by atoms with Crippen LogP contribution in [0.25, 0.3) is 0 Å². The zero-order valence-corrected chi connectivity index (χ0v) is 11.4. The molecule has 0 bridgehead atoms. The lowest BCUT2D eigenvalue weighted by Gasteiger charge is -2.36. The highest BCUT2D eigenvalue weighted by atomic mass is 16.5. The molecule has 0 spiro atoms. The van der Waals surface area contributed by atoms with E-state index in [9.17, 15) is 4.79 Å². The highest BCUT2D eigenvalue weighted by Gasteiger charge is 2.39. The molecule has 1 aliphatic rings.